The van der Waals surface area contributed by atoms with E-state index >= 15 is 0 Å². The van der Waals surface area contributed by atoms with Gasteiger partial charge in [0.25, 0.3) is 0 Å². The van der Waals surface area contributed by atoms with Crippen molar-refractivity contribution >= 4 is 48.2 Å². The molecule has 0 aromatic carbocycles. The summed E-state index contributed by atoms with van der Waals surface area (Å²) >= 11 is 3.77. The minimum absolute atomic E-state index is 0.274. The maximum Gasteiger partial charge on any atom is 0.327 e. The van der Waals surface area contributed by atoms with Gasteiger partial charge in [-0.25, -0.2) is 4.79 Å². The minimum atomic E-state index is -1.65. The predicted octanol–water partition coefficient (Wildman–Crippen LogP) is -4.49. The van der Waals surface area contributed by atoms with Crippen molar-refractivity contribution in [2.45, 2.75) is 50.0 Å². The maximum absolute atomic E-state index is 12.5. The van der Waals surface area contributed by atoms with Crippen molar-refractivity contribution in [2.24, 2.45) is 11.5 Å². The van der Waals surface area contributed by atoms with Crippen LogP contribution in [0.15, 0.2) is 0 Å². The molecule has 5 unspecified atom stereocenters. The van der Waals surface area contributed by atoms with Crippen LogP contribution in [0.25, 0.3) is 0 Å². The van der Waals surface area contributed by atoms with Gasteiger partial charge in [0.15, 0.2) is 0 Å². The molecule has 30 heavy (non-hydrogen) atoms. The van der Waals surface area contributed by atoms with Crippen molar-refractivity contribution in [3.8, 4) is 0 Å². The molecule has 0 aromatic rings. The van der Waals surface area contributed by atoms with E-state index < -0.39 is 78.7 Å². The van der Waals surface area contributed by atoms with Crippen LogP contribution in [0.2, 0.25) is 0 Å². The third kappa shape index (κ3) is 9.53. The fraction of sp³-hybridized carbons (Fsp3) is 0.600. The standard InChI is InChI=1S/C15H25N5O9S/c1-5(21)11(14(27)19-8(4-30)15(28)29)20-13(26)7(3-9(17)22)18-12(25)6(16)2-10(23)24/h5-8,11,21,30H,2-4,16H2,1H3,(H2,17,22)(H,18,25)(H,19,27)(H,20,26)(H,23,24)(H,28,29). The zero-order valence-electron chi connectivity index (χ0n) is 15.9. The molecule has 4 amide bonds. The minimum Gasteiger partial charge on any atom is -0.481 e. The highest BCUT2D eigenvalue weighted by Crippen LogP contribution is 2.01. The Kier molecular flexibility index (Phi) is 11.4. The molecule has 0 aliphatic carbocycles. The largest absolute Gasteiger partial charge is 0.481 e. The molecule has 0 aliphatic heterocycles. The Hall–Kier alpha value is -2.91. The molecule has 0 radical (unpaired) electrons. The molecule has 0 rings (SSSR count). The average molecular weight is 451 g/mol. The summed E-state index contributed by atoms with van der Waals surface area (Å²) in [6.07, 6.45) is -2.97. The number of nitrogens with one attached hydrogen (secondary N) is 3. The smallest absolute Gasteiger partial charge is 0.327 e. The van der Waals surface area contributed by atoms with Crippen molar-refractivity contribution < 1.29 is 44.1 Å². The first kappa shape index (κ1) is 27.1. The van der Waals surface area contributed by atoms with E-state index in [4.69, 9.17) is 21.7 Å². The SMILES string of the molecule is CC(O)C(NC(=O)C(CC(N)=O)NC(=O)C(N)CC(=O)O)C(=O)NC(CS)C(=O)O. The summed E-state index contributed by atoms with van der Waals surface area (Å²) in [5.41, 5.74) is 10.4. The van der Waals surface area contributed by atoms with Crippen LogP contribution in [0, 0.1) is 0 Å². The van der Waals surface area contributed by atoms with Gasteiger partial charge in [0.2, 0.25) is 23.6 Å². The van der Waals surface area contributed by atoms with Gasteiger partial charge in [-0.15, -0.1) is 0 Å². The molecule has 0 saturated heterocycles. The first-order valence-corrected chi connectivity index (χ1v) is 9.11. The van der Waals surface area contributed by atoms with E-state index in [2.05, 4.69) is 23.3 Å². The number of hydrogen-bond acceptors (Lipinski definition) is 9. The Labute approximate surface area is 176 Å². The van der Waals surface area contributed by atoms with Crippen LogP contribution in [0.1, 0.15) is 19.8 Å². The van der Waals surface area contributed by atoms with Crippen molar-refractivity contribution in [3.05, 3.63) is 0 Å². The molecule has 0 aromatic heterocycles. The van der Waals surface area contributed by atoms with Crippen molar-refractivity contribution in [2.75, 3.05) is 5.75 Å². The number of carbonyl (C=O) groups is 6. The van der Waals surface area contributed by atoms with Crippen LogP contribution in [-0.4, -0.2) is 86.9 Å². The highest BCUT2D eigenvalue weighted by molar-refractivity contribution is 7.80. The van der Waals surface area contributed by atoms with E-state index in [1.165, 1.54) is 0 Å². The van der Waals surface area contributed by atoms with Gasteiger partial charge in [-0.05, 0) is 6.92 Å². The fourth-order valence-electron chi connectivity index (χ4n) is 2.08. The quantitative estimate of drug-likeness (QED) is 0.121. The summed E-state index contributed by atoms with van der Waals surface area (Å²) in [4.78, 5) is 69.5. The Balaban J connectivity index is 5.38. The first-order chi connectivity index (χ1) is 13.8. The number of carbonyl (C=O) groups excluding carboxylic acids is 4. The van der Waals surface area contributed by atoms with Crippen molar-refractivity contribution in [1.29, 1.82) is 0 Å². The second-order valence-electron chi connectivity index (χ2n) is 6.24. The molecule has 0 spiro atoms. The molecule has 14 nitrogen and oxygen atoms in total. The van der Waals surface area contributed by atoms with Gasteiger partial charge in [0, 0.05) is 5.75 Å². The fourth-order valence-corrected chi connectivity index (χ4v) is 2.32. The van der Waals surface area contributed by atoms with Crippen LogP contribution in [0.4, 0.5) is 0 Å². The first-order valence-electron chi connectivity index (χ1n) is 8.48. The van der Waals surface area contributed by atoms with Gasteiger partial charge in [-0.1, -0.05) is 0 Å². The molecule has 0 saturated carbocycles. The molecule has 0 heterocycles. The van der Waals surface area contributed by atoms with Crippen LogP contribution in [0.3, 0.4) is 0 Å². The second kappa shape index (κ2) is 12.6. The van der Waals surface area contributed by atoms with Crippen LogP contribution in [0.5, 0.6) is 0 Å². The molecule has 0 fully saturated rings. The lowest BCUT2D eigenvalue weighted by molar-refractivity contribution is -0.142. The summed E-state index contributed by atoms with van der Waals surface area (Å²) in [6, 6.07) is -6.23. The number of aliphatic hydroxyl groups is 1. The van der Waals surface area contributed by atoms with Gasteiger partial charge in [0.05, 0.1) is 25.0 Å². The summed E-state index contributed by atoms with van der Waals surface area (Å²) in [6.45, 7) is 1.13. The van der Waals surface area contributed by atoms with E-state index in [1.807, 2.05) is 5.32 Å². The normalized spacial score (nSPS) is 15.6. The highest BCUT2D eigenvalue weighted by Gasteiger charge is 2.33. The Morgan fingerprint density at radius 1 is 0.900 bits per heavy atom. The summed E-state index contributed by atoms with van der Waals surface area (Å²) in [7, 11) is 0. The van der Waals surface area contributed by atoms with Crippen LogP contribution < -0.4 is 27.4 Å². The van der Waals surface area contributed by atoms with Gasteiger partial charge in [-0.3, -0.25) is 24.0 Å². The molecule has 0 aliphatic rings. The third-order valence-electron chi connectivity index (χ3n) is 3.63. The Bertz CT molecular complexity index is 687. The number of hydrogen-bond donors (Lipinski definition) is 9. The van der Waals surface area contributed by atoms with Gasteiger partial charge in [0.1, 0.15) is 18.1 Å². The van der Waals surface area contributed by atoms with Crippen LogP contribution in [-0.2, 0) is 28.8 Å². The molecule has 170 valence electrons. The molecular weight excluding hydrogens is 426 g/mol. The van der Waals surface area contributed by atoms with Crippen molar-refractivity contribution in [1.82, 2.24) is 16.0 Å². The summed E-state index contributed by atoms with van der Waals surface area (Å²) in [5.74, 6) is -7.32. The van der Waals surface area contributed by atoms with Crippen molar-refractivity contribution in [3.63, 3.8) is 0 Å². The lowest BCUT2D eigenvalue weighted by Crippen LogP contribution is -2.60. The number of amides is 4. The molecule has 0 bridgehead atoms. The lowest BCUT2D eigenvalue weighted by atomic mass is 10.1. The Morgan fingerprint density at radius 3 is 1.83 bits per heavy atom. The van der Waals surface area contributed by atoms with Gasteiger partial charge in [-0.2, -0.15) is 12.6 Å². The number of carboxylic acids is 2. The number of thiol groups is 1. The Morgan fingerprint density at radius 2 is 1.43 bits per heavy atom. The van der Waals surface area contributed by atoms with Crippen LogP contribution >= 0.6 is 12.6 Å². The van der Waals surface area contributed by atoms with Gasteiger partial charge >= 0.3 is 11.9 Å². The third-order valence-corrected chi connectivity index (χ3v) is 3.99. The summed E-state index contributed by atoms with van der Waals surface area (Å²) < 4.78 is 0. The van der Waals surface area contributed by atoms with E-state index in [9.17, 15) is 33.9 Å². The molecule has 5 atom stereocenters. The predicted molar refractivity (Wildman–Crippen MR) is 103 cm³/mol. The zero-order valence-corrected chi connectivity index (χ0v) is 16.8. The van der Waals surface area contributed by atoms with E-state index in [-0.39, 0.29) is 5.75 Å². The van der Waals surface area contributed by atoms with E-state index in [0.717, 1.165) is 6.92 Å². The number of aliphatic carboxylic acids is 2. The van der Waals surface area contributed by atoms with E-state index in [1.54, 1.807) is 0 Å². The average Bonchev–Trinajstić information content (AvgIpc) is 2.61. The molecular formula is C15H25N5O9S. The number of primary amides is 1. The monoisotopic (exact) mass is 451 g/mol. The number of aliphatic hydroxyl groups excluding tert-OH is 1. The molecule has 10 N–H and O–H groups in total. The second-order valence-corrected chi connectivity index (χ2v) is 6.61. The molecule has 15 heteroatoms. The number of carboxylic acid groups (broad SMARTS) is 2. The number of nitrogens with two attached hydrogens (primary N) is 2. The highest BCUT2D eigenvalue weighted by atomic mass is 32.1. The van der Waals surface area contributed by atoms with E-state index in [0.29, 0.717) is 0 Å². The lowest BCUT2D eigenvalue weighted by Gasteiger charge is -2.25. The maximum atomic E-state index is 12.5. The zero-order chi connectivity index (χ0) is 23.6. The topological polar surface area (TPSA) is 251 Å². The summed E-state index contributed by atoms with van der Waals surface area (Å²) in [5, 5.41) is 33.6. The van der Waals surface area contributed by atoms with Gasteiger partial charge < -0.3 is 42.7 Å². The number of rotatable bonds is 13.